The molecule has 2 aromatic carbocycles. The maximum Gasteiger partial charge on any atom is 0.320 e. The molecule has 0 aliphatic heterocycles. The molecule has 0 saturated heterocycles. The molecular weight excluding hydrogens is 338 g/mol. The minimum Gasteiger partial charge on any atom is -0.493 e. The number of benzene rings is 2. The predicted octanol–water partition coefficient (Wildman–Crippen LogP) is 2.15. The molecule has 3 aromatic rings. The van der Waals surface area contributed by atoms with Crippen LogP contribution in [0.1, 0.15) is 11.5 Å². The third kappa shape index (κ3) is 2.67. The number of esters is 1. The SMILES string of the molecule is COC(=O)C(C=O)c1cccc2c1[nH]c(=O)c1cc(OC)c(OC)cc12. The number of nitrogens with one attached hydrogen (secondary N) is 1. The van der Waals surface area contributed by atoms with Crippen LogP contribution < -0.4 is 15.0 Å². The van der Waals surface area contributed by atoms with Crippen LogP contribution >= 0.6 is 0 Å². The smallest absolute Gasteiger partial charge is 0.320 e. The highest BCUT2D eigenvalue weighted by atomic mass is 16.5. The van der Waals surface area contributed by atoms with Crippen molar-refractivity contribution >= 4 is 33.9 Å². The van der Waals surface area contributed by atoms with Gasteiger partial charge in [-0.1, -0.05) is 18.2 Å². The van der Waals surface area contributed by atoms with Crippen LogP contribution in [-0.2, 0) is 14.3 Å². The van der Waals surface area contributed by atoms with Crippen LogP contribution in [0.4, 0.5) is 0 Å². The van der Waals surface area contributed by atoms with Gasteiger partial charge in [-0.15, -0.1) is 0 Å². The maximum absolute atomic E-state index is 12.6. The molecule has 0 aliphatic carbocycles. The van der Waals surface area contributed by atoms with Crippen LogP contribution in [0.3, 0.4) is 0 Å². The van der Waals surface area contributed by atoms with Crippen molar-refractivity contribution in [2.24, 2.45) is 0 Å². The van der Waals surface area contributed by atoms with Crippen LogP contribution in [-0.4, -0.2) is 38.6 Å². The van der Waals surface area contributed by atoms with Gasteiger partial charge in [-0.2, -0.15) is 0 Å². The molecule has 1 heterocycles. The van der Waals surface area contributed by atoms with Crippen LogP contribution in [0, 0.1) is 0 Å². The summed E-state index contributed by atoms with van der Waals surface area (Å²) in [5.74, 6) is -0.920. The Morgan fingerprint density at radius 1 is 1.04 bits per heavy atom. The zero-order valence-electron chi connectivity index (χ0n) is 14.5. The Morgan fingerprint density at radius 2 is 1.69 bits per heavy atom. The van der Waals surface area contributed by atoms with Gasteiger partial charge < -0.3 is 24.0 Å². The van der Waals surface area contributed by atoms with Crippen molar-refractivity contribution in [1.82, 2.24) is 4.98 Å². The lowest BCUT2D eigenvalue weighted by Gasteiger charge is -2.14. The van der Waals surface area contributed by atoms with Crippen molar-refractivity contribution < 1.29 is 23.8 Å². The fourth-order valence-corrected chi connectivity index (χ4v) is 3.05. The predicted molar refractivity (Wildman–Crippen MR) is 96.0 cm³/mol. The summed E-state index contributed by atoms with van der Waals surface area (Å²) in [4.78, 5) is 38.8. The first-order valence-electron chi connectivity index (χ1n) is 7.79. The molecule has 0 fully saturated rings. The normalized spacial score (nSPS) is 12.0. The van der Waals surface area contributed by atoms with E-state index in [9.17, 15) is 14.4 Å². The highest BCUT2D eigenvalue weighted by Crippen LogP contribution is 2.35. The molecule has 1 N–H and O–H groups in total. The molecule has 0 saturated carbocycles. The van der Waals surface area contributed by atoms with Gasteiger partial charge in [-0.3, -0.25) is 9.59 Å². The molecule has 7 heteroatoms. The molecule has 26 heavy (non-hydrogen) atoms. The number of carbonyl (C=O) groups is 2. The monoisotopic (exact) mass is 355 g/mol. The van der Waals surface area contributed by atoms with Gasteiger partial charge in [0.15, 0.2) is 11.5 Å². The molecule has 7 nitrogen and oxygen atoms in total. The van der Waals surface area contributed by atoms with E-state index < -0.39 is 11.9 Å². The van der Waals surface area contributed by atoms with Crippen LogP contribution in [0.2, 0.25) is 0 Å². The second kappa shape index (κ2) is 6.87. The number of aromatic nitrogens is 1. The van der Waals surface area contributed by atoms with Crippen molar-refractivity contribution in [3.8, 4) is 11.5 Å². The van der Waals surface area contributed by atoms with Gasteiger partial charge >= 0.3 is 5.97 Å². The minimum absolute atomic E-state index is 0.365. The molecule has 1 aromatic heterocycles. The third-order valence-electron chi connectivity index (χ3n) is 4.32. The molecule has 1 atom stereocenters. The van der Waals surface area contributed by atoms with E-state index in [1.165, 1.54) is 21.3 Å². The number of hydrogen-bond donors (Lipinski definition) is 1. The van der Waals surface area contributed by atoms with Gasteiger partial charge in [-0.05, 0) is 17.7 Å². The van der Waals surface area contributed by atoms with Crippen molar-refractivity contribution in [1.29, 1.82) is 0 Å². The van der Waals surface area contributed by atoms with Gasteiger partial charge in [0.1, 0.15) is 12.2 Å². The standard InChI is InChI=1S/C19H17NO6/c1-24-15-7-12-10-5-4-6-11(14(9-21)19(23)26-3)17(10)20-18(22)13(12)8-16(15)25-2/h4-9,14H,1-3H3,(H,20,22). The number of fused-ring (bicyclic) bond motifs is 3. The molecular formula is C19H17NO6. The van der Waals surface area contributed by atoms with Gasteiger partial charge in [-0.25, -0.2) is 0 Å². The number of rotatable bonds is 5. The Bertz CT molecular complexity index is 1070. The fourth-order valence-electron chi connectivity index (χ4n) is 3.05. The number of methoxy groups -OCH3 is 3. The van der Waals surface area contributed by atoms with Crippen LogP contribution in [0.25, 0.3) is 21.7 Å². The Hall–Kier alpha value is -3.35. The Morgan fingerprint density at radius 3 is 2.27 bits per heavy atom. The molecule has 3 rings (SSSR count). The summed E-state index contributed by atoms with van der Waals surface area (Å²) >= 11 is 0. The summed E-state index contributed by atoms with van der Waals surface area (Å²) in [5.41, 5.74) is 0.410. The Balaban J connectivity index is 2.42. The Kier molecular flexibility index (Phi) is 4.62. The number of para-hydroxylation sites is 1. The number of aldehydes is 1. The summed E-state index contributed by atoms with van der Waals surface area (Å²) in [6, 6.07) is 8.41. The highest BCUT2D eigenvalue weighted by Gasteiger charge is 2.24. The van der Waals surface area contributed by atoms with E-state index in [1.54, 1.807) is 30.3 Å². The van der Waals surface area contributed by atoms with Crippen molar-refractivity contribution in [2.45, 2.75) is 5.92 Å². The Labute approximate surface area is 148 Å². The number of aromatic amines is 1. The second-order valence-electron chi connectivity index (χ2n) is 5.61. The van der Waals surface area contributed by atoms with Gasteiger partial charge in [0.05, 0.1) is 32.2 Å². The topological polar surface area (TPSA) is 94.7 Å². The third-order valence-corrected chi connectivity index (χ3v) is 4.32. The zero-order valence-corrected chi connectivity index (χ0v) is 14.5. The van der Waals surface area contributed by atoms with E-state index in [-0.39, 0.29) is 5.56 Å². The quantitative estimate of drug-likeness (QED) is 0.326. The number of hydrogen-bond acceptors (Lipinski definition) is 6. The molecule has 1 unspecified atom stereocenters. The first-order valence-corrected chi connectivity index (χ1v) is 7.79. The van der Waals surface area contributed by atoms with Gasteiger partial charge in [0.25, 0.3) is 5.56 Å². The first-order chi connectivity index (χ1) is 12.5. The molecule has 0 amide bonds. The zero-order chi connectivity index (χ0) is 18.8. The summed E-state index contributed by atoms with van der Waals surface area (Å²) in [5, 5.41) is 1.71. The molecule has 0 radical (unpaired) electrons. The van der Waals surface area contributed by atoms with Gasteiger partial charge in [0, 0.05) is 10.8 Å². The lowest BCUT2D eigenvalue weighted by Crippen LogP contribution is -2.17. The minimum atomic E-state index is -1.13. The van der Waals surface area contributed by atoms with E-state index in [4.69, 9.17) is 14.2 Å². The summed E-state index contributed by atoms with van der Waals surface area (Å²) < 4.78 is 15.3. The molecule has 134 valence electrons. The van der Waals surface area contributed by atoms with Crippen LogP contribution in [0.5, 0.6) is 11.5 Å². The average Bonchev–Trinajstić information content (AvgIpc) is 2.67. The number of carbonyl (C=O) groups excluding carboxylic acids is 2. The summed E-state index contributed by atoms with van der Waals surface area (Å²) in [7, 11) is 4.20. The van der Waals surface area contributed by atoms with Crippen molar-refractivity contribution in [2.75, 3.05) is 21.3 Å². The van der Waals surface area contributed by atoms with E-state index in [0.717, 1.165) is 0 Å². The maximum atomic E-state index is 12.6. The highest BCUT2D eigenvalue weighted by molar-refractivity contribution is 6.09. The average molecular weight is 355 g/mol. The van der Waals surface area contributed by atoms with Crippen molar-refractivity contribution in [3.63, 3.8) is 0 Å². The number of H-pyrrole nitrogens is 1. The largest absolute Gasteiger partial charge is 0.493 e. The molecule has 0 aliphatic rings. The summed E-state index contributed by atoms with van der Waals surface area (Å²) in [6.45, 7) is 0. The van der Waals surface area contributed by atoms with E-state index >= 15 is 0 Å². The lowest BCUT2D eigenvalue weighted by molar-refractivity contribution is -0.143. The lowest BCUT2D eigenvalue weighted by atomic mass is 9.95. The van der Waals surface area contributed by atoms with Gasteiger partial charge in [0.2, 0.25) is 0 Å². The summed E-state index contributed by atoms with van der Waals surface area (Å²) in [6.07, 6.45) is 0.498. The first kappa shape index (κ1) is 17.5. The number of ether oxygens (including phenoxy) is 3. The second-order valence-corrected chi connectivity index (χ2v) is 5.61. The fraction of sp³-hybridized carbons (Fsp3) is 0.211. The molecule has 0 bridgehead atoms. The van der Waals surface area contributed by atoms with Crippen molar-refractivity contribution in [3.05, 3.63) is 46.2 Å². The van der Waals surface area contributed by atoms with E-state index in [1.807, 2.05) is 0 Å². The molecule has 0 spiro atoms. The van der Waals surface area contributed by atoms with Crippen LogP contribution in [0.15, 0.2) is 35.1 Å². The number of pyridine rings is 1. The van der Waals surface area contributed by atoms with E-state index in [0.29, 0.717) is 45.0 Å². The van der Waals surface area contributed by atoms with E-state index in [2.05, 4.69) is 4.98 Å².